The fourth-order valence-corrected chi connectivity index (χ4v) is 3.61. The lowest BCUT2D eigenvalue weighted by atomic mass is 10.0. The SMILES string of the molecule is CCCCOc1cc(CNC(C)C)cc(S(N)(=O)=O)c1Cc1ccccc1. The monoisotopic (exact) mass is 390 g/mol. The second-order valence-electron chi connectivity index (χ2n) is 7.02. The summed E-state index contributed by atoms with van der Waals surface area (Å²) in [6.45, 7) is 7.28. The average molecular weight is 391 g/mol. The highest BCUT2D eigenvalue weighted by molar-refractivity contribution is 7.89. The van der Waals surface area contributed by atoms with E-state index in [4.69, 9.17) is 9.88 Å². The van der Waals surface area contributed by atoms with Crippen LogP contribution < -0.4 is 15.2 Å². The Labute approximate surface area is 163 Å². The highest BCUT2D eigenvalue weighted by atomic mass is 32.2. The number of hydrogen-bond acceptors (Lipinski definition) is 4. The summed E-state index contributed by atoms with van der Waals surface area (Å²) >= 11 is 0. The van der Waals surface area contributed by atoms with Crippen LogP contribution in [0.2, 0.25) is 0 Å². The van der Waals surface area contributed by atoms with Crippen LogP contribution in [0.25, 0.3) is 0 Å². The van der Waals surface area contributed by atoms with Crippen molar-refractivity contribution in [1.82, 2.24) is 5.32 Å². The topological polar surface area (TPSA) is 81.4 Å². The second-order valence-corrected chi connectivity index (χ2v) is 8.55. The molecule has 0 radical (unpaired) electrons. The Balaban J connectivity index is 2.50. The van der Waals surface area contributed by atoms with Crippen molar-refractivity contribution in [2.24, 2.45) is 5.14 Å². The smallest absolute Gasteiger partial charge is 0.238 e. The van der Waals surface area contributed by atoms with Crippen molar-refractivity contribution in [1.29, 1.82) is 0 Å². The lowest BCUT2D eigenvalue weighted by molar-refractivity contribution is 0.305. The molecule has 0 saturated carbocycles. The van der Waals surface area contributed by atoms with Gasteiger partial charge in [0, 0.05) is 24.6 Å². The largest absolute Gasteiger partial charge is 0.493 e. The van der Waals surface area contributed by atoms with Gasteiger partial charge in [0.1, 0.15) is 5.75 Å². The molecule has 0 spiro atoms. The molecule has 27 heavy (non-hydrogen) atoms. The number of ether oxygens (including phenoxy) is 1. The lowest BCUT2D eigenvalue weighted by Crippen LogP contribution is -2.23. The Bertz CT molecular complexity index is 834. The Morgan fingerprint density at radius 3 is 2.41 bits per heavy atom. The van der Waals surface area contributed by atoms with Crippen LogP contribution in [0.5, 0.6) is 5.75 Å². The minimum absolute atomic E-state index is 0.140. The lowest BCUT2D eigenvalue weighted by Gasteiger charge is -2.18. The summed E-state index contributed by atoms with van der Waals surface area (Å²) < 4.78 is 30.6. The molecule has 5 nitrogen and oxygen atoms in total. The fourth-order valence-electron chi connectivity index (χ4n) is 2.78. The maximum absolute atomic E-state index is 12.3. The van der Waals surface area contributed by atoms with E-state index in [2.05, 4.69) is 12.2 Å². The minimum Gasteiger partial charge on any atom is -0.493 e. The van der Waals surface area contributed by atoms with Gasteiger partial charge in [-0.15, -0.1) is 0 Å². The molecule has 0 unspecified atom stereocenters. The van der Waals surface area contributed by atoms with Gasteiger partial charge in [-0.25, -0.2) is 13.6 Å². The van der Waals surface area contributed by atoms with E-state index < -0.39 is 10.0 Å². The summed E-state index contributed by atoms with van der Waals surface area (Å²) in [4.78, 5) is 0.140. The van der Waals surface area contributed by atoms with Gasteiger partial charge in [-0.3, -0.25) is 0 Å². The molecule has 0 fully saturated rings. The van der Waals surface area contributed by atoms with Crippen LogP contribution in [0.15, 0.2) is 47.4 Å². The van der Waals surface area contributed by atoms with E-state index in [1.54, 1.807) is 6.07 Å². The highest BCUT2D eigenvalue weighted by Crippen LogP contribution is 2.30. The second kappa shape index (κ2) is 9.88. The van der Waals surface area contributed by atoms with Crippen molar-refractivity contribution in [3.63, 3.8) is 0 Å². The van der Waals surface area contributed by atoms with Crippen LogP contribution in [-0.4, -0.2) is 21.1 Å². The van der Waals surface area contributed by atoms with Crippen LogP contribution in [0.3, 0.4) is 0 Å². The number of rotatable bonds is 10. The van der Waals surface area contributed by atoms with Crippen molar-refractivity contribution >= 4 is 10.0 Å². The van der Waals surface area contributed by atoms with E-state index in [1.165, 1.54) is 0 Å². The summed E-state index contributed by atoms with van der Waals surface area (Å²) in [5.74, 6) is 0.597. The third-order valence-corrected chi connectivity index (χ3v) is 5.21. The van der Waals surface area contributed by atoms with Crippen molar-refractivity contribution < 1.29 is 13.2 Å². The number of unbranched alkanes of at least 4 members (excludes halogenated alkanes) is 1. The van der Waals surface area contributed by atoms with Gasteiger partial charge in [0.2, 0.25) is 10.0 Å². The molecule has 2 aromatic carbocycles. The van der Waals surface area contributed by atoms with Crippen LogP contribution in [-0.2, 0) is 23.0 Å². The Morgan fingerprint density at radius 1 is 1.11 bits per heavy atom. The van der Waals surface area contributed by atoms with Gasteiger partial charge in [-0.2, -0.15) is 0 Å². The molecule has 0 heterocycles. The zero-order valence-corrected chi connectivity index (χ0v) is 17.2. The van der Waals surface area contributed by atoms with Gasteiger partial charge in [-0.05, 0) is 29.7 Å². The predicted molar refractivity (Wildman–Crippen MR) is 109 cm³/mol. The number of nitrogens with one attached hydrogen (secondary N) is 1. The van der Waals surface area contributed by atoms with Gasteiger partial charge in [-0.1, -0.05) is 57.5 Å². The maximum atomic E-state index is 12.3. The summed E-state index contributed by atoms with van der Waals surface area (Å²) in [5, 5.41) is 8.87. The van der Waals surface area contributed by atoms with E-state index >= 15 is 0 Å². The van der Waals surface area contributed by atoms with E-state index in [-0.39, 0.29) is 10.9 Å². The minimum atomic E-state index is -3.88. The first-order chi connectivity index (χ1) is 12.8. The van der Waals surface area contributed by atoms with E-state index in [9.17, 15) is 8.42 Å². The Morgan fingerprint density at radius 2 is 1.81 bits per heavy atom. The summed E-state index contributed by atoms with van der Waals surface area (Å²) in [6, 6.07) is 13.6. The number of primary sulfonamides is 1. The predicted octanol–water partition coefficient (Wildman–Crippen LogP) is 3.60. The van der Waals surface area contributed by atoms with E-state index in [0.29, 0.717) is 30.9 Å². The van der Waals surface area contributed by atoms with Gasteiger partial charge in [0.25, 0.3) is 0 Å². The zero-order valence-electron chi connectivity index (χ0n) is 16.4. The maximum Gasteiger partial charge on any atom is 0.238 e. The van der Waals surface area contributed by atoms with Crippen molar-refractivity contribution in [3.8, 4) is 5.75 Å². The molecule has 148 valence electrons. The highest BCUT2D eigenvalue weighted by Gasteiger charge is 2.20. The molecular weight excluding hydrogens is 360 g/mol. The number of benzene rings is 2. The summed E-state index contributed by atoms with van der Waals surface area (Å²) in [7, 11) is -3.88. The molecule has 2 rings (SSSR count). The van der Waals surface area contributed by atoms with Crippen molar-refractivity contribution in [2.45, 2.75) is 57.5 Å². The quantitative estimate of drug-likeness (QED) is 0.607. The molecule has 0 amide bonds. The van der Waals surface area contributed by atoms with Crippen LogP contribution in [0.4, 0.5) is 0 Å². The normalized spacial score (nSPS) is 11.7. The average Bonchev–Trinajstić information content (AvgIpc) is 2.61. The first kappa shape index (κ1) is 21.4. The number of nitrogens with two attached hydrogens (primary N) is 1. The number of hydrogen-bond donors (Lipinski definition) is 2. The third kappa shape index (κ3) is 6.65. The Hall–Kier alpha value is -1.89. The van der Waals surface area contributed by atoms with Crippen LogP contribution in [0, 0.1) is 0 Å². The first-order valence-corrected chi connectivity index (χ1v) is 10.9. The van der Waals surface area contributed by atoms with Gasteiger partial charge in [0.05, 0.1) is 11.5 Å². The molecule has 3 N–H and O–H groups in total. The van der Waals surface area contributed by atoms with Gasteiger partial charge in [0.15, 0.2) is 0 Å². The van der Waals surface area contributed by atoms with Gasteiger partial charge < -0.3 is 10.1 Å². The molecule has 0 aliphatic rings. The van der Waals surface area contributed by atoms with Gasteiger partial charge >= 0.3 is 0 Å². The zero-order chi connectivity index (χ0) is 19.9. The van der Waals surface area contributed by atoms with Crippen molar-refractivity contribution in [3.05, 3.63) is 59.2 Å². The molecule has 0 aromatic heterocycles. The molecule has 0 bridgehead atoms. The molecule has 0 aliphatic heterocycles. The molecular formula is C21H30N2O3S. The number of sulfonamides is 1. The molecule has 0 saturated heterocycles. The third-order valence-electron chi connectivity index (χ3n) is 4.23. The molecule has 2 aromatic rings. The fraction of sp³-hybridized carbons (Fsp3) is 0.429. The van der Waals surface area contributed by atoms with E-state index in [0.717, 1.165) is 24.0 Å². The summed E-state index contributed by atoms with van der Waals surface area (Å²) in [5.41, 5.74) is 2.47. The first-order valence-electron chi connectivity index (χ1n) is 9.40. The van der Waals surface area contributed by atoms with Crippen molar-refractivity contribution in [2.75, 3.05) is 6.61 Å². The van der Waals surface area contributed by atoms with Crippen LogP contribution in [0.1, 0.15) is 50.3 Å². The standard InChI is InChI=1S/C21H30N2O3S/c1-4-5-11-26-20-13-18(15-23-16(2)3)14-21(27(22,24)25)19(20)12-17-9-7-6-8-10-17/h6-10,13-14,16,23H,4-5,11-12,15H2,1-3H3,(H2,22,24,25). The van der Waals surface area contributed by atoms with Crippen LogP contribution >= 0.6 is 0 Å². The Kier molecular flexibility index (Phi) is 7.83. The molecule has 0 aliphatic carbocycles. The molecule has 0 atom stereocenters. The molecule has 6 heteroatoms. The van der Waals surface area contributed by atoms with E-state index in [1.807, 2.05) is 50.2 Å². The summed E-state index contributed by atoms with van der Waals surface area (Å²) in [6.07, 6.45) is 2.36.